The van der Waals surface area contributed by atoms with Crippen molar-refractivity contribution in [3.63, 3.8) is 0 Å². The van der Waals surface area contributed by atoms with Gasteiger partial charge in [0.1, 0.15) is 0 Å². The van der Waals surface area contributed by atoms with E-state index in [1.807, 2.05) is 0 Å². The lowest BCUT2D eigenvalue weighted by molar-refractivity contribution is -0.772. The summed E-state index contributed by atoms with van der Waals surface area (Å²) in [6.07, 6.45) is 9.26. The molecule has 92 valence electrons. The third kappa shape index (κ3) is 1.29. The summed E-state index contributed by atoms with van der Waals surface area (Å²) in [4.78, 5) is 0. The normalized spacial score (nSPS) is 51.0. The standard InChI is InChI=1S/C14H28BN/c1-5-14-13-7-11-6-12(8-13)10-15(14,9-11)16(2,3)4/h11-14H,5-10H2,1-4H3. The molecule has 0 N–H and O–H groups in total. The molecule has 0 aromatic carbocycles. The van der Waals surface area contributed by atoms with Gasteiger partial charge in [0.15, 0.2) is 0 Å². The van der Waals surface area contributed by atoms with Crippen LogP contribution < -0.4 is 0 Å². The molecule has 3 heterocycles. The minimum absolute atomic E-state index is 0.115. The molecule has 4 aliphatic rings. The zero-order valence-electron chi connectivity index (χ0n) is 11.6. The maximum absolute atomic E-state index is 2.48. The molecule has 3 saturated heterocycles. The summed E-state index contributed by atoms with van der Waals surface area (Å²) >= 11 is 0. The van der Waals surface area contributed by atoms with E-state index in [-0.39, 0.29) is 6.28 Å². The molecule has 3 aliphatic heterocycles. The first-order chi connectivity index (χ1) is 7.46. The van der Waals surface area contributed by atoms with Crippen LogP contribution in [0.25, 0.3) is 0 Å². The van der Waals surface area contributed by atoms with Crippen LogP contribution in [0.2, 0.25) is 18.5 Å². The molecular formula is C14H28BN. The summed E-state index contributed by atoms with van der Waals surface area (Å²) in [5.41, 5.74) is 0. The minimum atomic E-state index is -0.115. The lowest BCUT2D eigenvalue weighted by Crippen LogP contribution is -2.71. The Morgan fingerprint density at radius 3 is 2.00 bits per heavy atom. The Hall–Kier alpha value is 0.0249. The molecule has 1 nitrogen and oxygen atoms in total. The summed E-state index contributed by atoms with van der Waals surface area (Å²) in [5, 5.41) is 0. The minimum Gasteiger partial charge on any atom is -0.522 e. The average molecular weight is 221 g/mol. The van der Waals surface area contributed by atoms with Gasteiger partial charge >= 0.3 is 0 Å². The van der Waals surface area contributed by atoms with Crippen molar-refractivity contribution < 1.29 is 4.39 Å². The van der Waals surface area contributed by atoms with Crippen LogP contribution in [-0.4, -0.2) is 31.8 Å². The van der Waals surface area contributed by atoms with Crippen molar-refractivity contribution in [3.05, 3.63) is 0 Å². The second kappa shape index (κ2) is 3.28. The third-order valence-electron chi connectivity index (χ3n) is 6.84. The highest BCUT2D eigenvalue weighted by Gasteiger charge is 2.59. The Kier molecular flexibility index (Phi) is 2.28. The molecule has 3 atom stereocenters. The molecule has 4 rings (SSSR count). The molecular weight excluding hydrogens is 193 g/mol. The quantitative estimate of drug-likeness (QED) is 0.626. The topological polar surface area (TPSA) is 0 Å². The monoisotopic (exact) mass is 221 g/mol. The van der Waals surface area contributed by atoms with Crippen LogP contribution in [0.3, 0.4) is 0 Å². The molecule has 4 fully saturated rings. The van der Waals surface area contributed by atoms with Crippen LogP contribution in [0.15, 0.2) is 0 Å². The first kappa shape index (κ1) is 11.1. The van der Waals surface area contributed by atoms with Gasteiger partial charge in [0.25, 0.3) is 0 Å². The summed E-state index contributed by atoms with van der Waals surface area (Å²) in [5.74, 6) is 4.40. The van der Waals surface area contributed by atoms with Crippen molar-refractivity contribution in [1.82, 2.24) is 0 Å². The summed E-state index contributed by atoms with van der Waals surface area (Å²) in [6.45, 7) is 2.45. The summed E-state index contributed by atoms with van der Waals surface area (Å²) < 4.78 is 1.28. The number of rotatable bonds is 2. The van der Waals surface area contributed by atoms with Crippen molar-refractivity contribution in [2.75, 3.05) is 21.1 Å². The second-order valence-electron chi connectivity index (χ2n) is 8.13. The van der Waals surface area contributed by atoms with E-state index in [9.17, 15) is 0 Å². The van der Waals surface area contributed by atoms with Gasteiger partial charge in [0.2, 0.25) is 6.28 Å². The van der Waals surface area contributed by atoms with E-state index in [4.69, 9.17) is 0 Å². The van der Waals surface area contributed by atoms with Gasteiger partial charge in [-0.2, -0.15) is 0 Å². The predicted molar refractivity (Wildman–Crippen MR) is 71.8 cm³/mol. The maximum atomic E-state index is 2.48. The van der Waals surface area contributed by atoms with Crippen molar-refractivity contribution >= 4 is 6.28 Å². The van der Waals surface area contributed by atoms with E-state index in [2.05, 4.69) is 28.1 Å². The molecule has 0 aromatic rings. The van der Waals surface area contributed by atoms with Crippen LogP contribution in [0.4, 0.5) is 0 Å². The smallest absolute Gasteiger partial charge is 0.212 e. The van der Waals surface area contributed by atoms with Crippen molar-refractivity contribution in [3.8, 4) is 0 Å². The van der Waals surface area contributed by atoms with Gasteiger partial charge in [0.05, 0.1) is 0 Å². The highest BCUT2D eigenvalue weighted by atomic mass is 15.2. The maximum Gasteiger partial charge on any atom is 0.212 e. The van der Waals surface area contributed by atoms with E-state index >= 15 is 0 Å². The zero-order chi connectivity index (χ0) is 11.6. The first-order valence-electron chi connectivity index (χ1n) is 7.46. The SMILES string of the molecule is CCC1C2CC3CC(C2)C[B-]1([N+](C)(C)C)C3. The molecule has 3 unspecified atom stereocenters. The molecule has 0 aromatic heterocycles. The van der Waals surface area contributed by atoms with E-state index in [0.717, 1.165) is 23.6 Å². The van der Waals surface area contributed by atoms with Gasteiger partial charge in [0, 0.05) is 21.1 Å². The second-order valence-corrected chi connectivity index (χ2v) is 8.13. The lowest BCUT2D eigenvalue weighted by atomic mass is 9.12. The van der Waals surface area contributed by atoms with E-state index in [1.165, 1.54) is 10.8 Å². The predicted octanol–water partition coefficient (Wildman–Crippen LogP) is 3.48. The van der Waals surface area contributed by atoms with Gasteiger partial charge in [-0.3, -0.25) is 0 Å². The molecule has 0 amide bonds. The number of hydrogen-bond acceptors (Lipinski definition) is 0. The van der Waals surface area contributed by atoms with Gasteiger partial charge in [-0.05, 0) is 0 Å². The van der Waals surface area contributed by atoms with Crippen LogP contribution in [0, 0.1) is 17.8 Å². The molecule has 4 bridgehead atoms. The molecule has 2 heteroatoms. The first-order valence-corrected chi connectivity index (χ1v) is 7.46. The van der Waals surface area contributed by atoms with E-state index in [0.29, 0.717) is 0 Å². The van der Waals surface area contributed by atoms with E-state index < -0.39 is 0 Å². The van der Waals surface area contributed by atoms with Crippen LogP contribution in [-0.2, 0) is 0 Å². The Bertz CT molecular complexity index is 280. The molecule has 0 spiro atoms. The fraction of sp³-hybridized carbons (Fsp3) is 1.00. The average Bonchev–Trinajstić information content (AvgIpc) is 2.14. The molecule has 1 saturated carbocycles. The molecule has 1 aliphatic carbocycles. The van der Waals surface area contributed by atoms with Gasteiger partial charge in [-0.1, -0.05) is 50.4 Å². The highest BCUT2D eigenvalue weighted by Crippen LogP contribution is 2.63. The van der Waals surface area contributed by atoms with Gasteiger partial charge < -0.3 is 4.39 Å². The molecule has 0 radical (unpaired) electrons. The van der Waals surface area contributed by atoms with Crippen LogP contribution in [0.1, 0.15) is 32.6 Å². The fourth-order valence-corrected chi connectivity index (χ4v) is 6.44. The number of hydrogen-bond donors (Lipinski definition) is 0. The highest BCUT2D eigenvalue weighted by molar-refractivity contribution is 6.75. The van der Waals surface area contributed by atoms with E-state index in [1.54, 1.807) is 31.9 Å². The Labute approximate surface area is 101 Å². The van der Waals surface area contributed by atoms with Crippen LogP contribution in [0.5, 0.6) is 0 Å². The Morgan fingerprint density at radius 1 is 1.00 bits per heavy atom. The Morgan fingerprint density at radius 2 is 1.56 bits per heavy atom. The zero-order valence-corrected chi connectivity index (χ0v) is 11.6. The van der Waals surface area contributed by atoms with Crippen molar-refractivity contribution in [1.29, 1.82) is 0 Å². The largest absolute Gasteiger partial charge is 0.522 e. The number of nitrogens with zero attached hydrogens (tertiary/aromatic N) is 1. The van der Waals surface area contributed by atoms with Crippen LogP contribution >= 0.6 is 0 Å². The molecule has 16 heavy (non-hydrogen) atoms. The fourth-order valence-electron chi connectivity index (χ4n) is 6.44. The summed E-state index contributed by atoms with van der Waals surface area (Å²) in [7, 11) is 7.45. The van der Waals surface area contributed by atoms with Gasteiger partial charge in [-0.25, -0.2) is 0 Å². The van der Waals surface area contributed by atoms with Crippen molar-refractivity contribution in [2.45, 2.75) is 51.1 Å². The van der Waals surface area contributed by atoms with Gasteiger partial charge in [-0.15, -0.1) is 18.5 Å². The summed E-state index contributed by atoms with van der Waals surface area (Å²) in [6, 6.07) is 0. The third-order valence-corrected chi connectivity index (χ3v) is 6.84. The Balaban J connectivity index is 2.01. The number of quaternary nitrogens is 1. The van der Waals surface area contributed by atoms with Crippen molar-refractivity contribution in [2.24, 2.45) is 17.8 Å². The lowest BCUT2D eigenvalue weighted by Gasteiger charge is -2.70.